The van der Waals surface area contributed by atoms with Crippen molar-refractivity contribution in [2.45, 2.75) is 13.3 Å². The van der Waals surface area contributed by atoms with Crippen LogP contribution in [0.5, 0.6) is 11.5 Å². The quantitative estimate of drug-likeness (QED) is 0.444. The van der Waals surface area contributed by atoms with Gasteiger partial charge in [0.05, 0.1) is 18.7 Å². The number of amides is 1. The van der Waals surface area contributed by atoms with Gasteiger partial charge in [-0.1, -0.05) is 47.5 Å². The maximum Gasteiger partial charge on any atom is 0.286 e. The van der Waals surface area contributed by atoms with E-state index >= 15 is 0 Å². The number of carbonyl (C=O) groups excluding carboxylic acids is 1. The molecule has 1 heterocycles. The van der Waals surface area contributed by atoms with Gasteiger partial charge >= 0.3 is 0 Å². The number of hydrogen-bond donors (Lipinski definition) is 1. The van der Waals surface area contributed by atoms with Gasteiger partial charge in [0, 0.05) is 10.7 Å². The van der Waals surface area contributed by atoms with Gasteiger partial charge in [-0.05, 0) is 54.5 Å². The lowest BCUT2D eigenvalue weighted by atomic mass is 10.2. The molecule has 0 bridgehead atoms. The SMILES string of the molecule is CCCOc1ccc(C=C(Cl)c2nnc(C(=O)Nc3ccc(Cl)cc3)s2)cc1OC. The highest BCUT2D eigenvalue weighted by atomic mass is 35.5. The molecule has 9 heteroatoms. The number of nitrogens with zero attached hydrogens (tertiary/aromatic N) is 2. The van der Waals surface area contributed by atoms with E-state index in [-0.39, 0.29) is 10.9 Å². The number of nitrogens with one attached hydrogen (secondary N) is 1. The molecule has 0 spiro atoms. The Balaban J connectivity index is 1.73. The fourth-order valence-electron chi connectivity index (χ4n) is 2.44. The van der Waals surface area contributed by atoms with Gasteiger partial charge in [0.1, 0.15) is 0 Å². The number of ether oxygens (including phenoxy) is 2. The number of aromatic nitrogens is 2. The zero-order chi connectivity index (χ0) is 21.5. The molecule has 0 atom stereocenters. The summed E-state index contributed by atoms with van der Waals surface area (Å²) in [6.07, 6.45) is 2.64. The molecule has 6 nitrogen and oxygen atoms in total. The molecule has 2 aromatic carbocycles. The van der Waals surface area contributed by atoms with Crippen molar-refractivity contribution in [3.05, 3.63) is 63.1 Å². The van der Waals surface area contributed by atoms with E-state index in [0.29, 0.717) is 38.9 Å². The summed E-state index contributed by atoms with van der Waals surface area (Å²) >= 11 is 13.4. The second-order valence-electron chi connectivity index (χ2n) is 6.12. The Labute approximate surface area is 188 Å². The Kier molecular flexibility index (Phi) is 7.68. The smallest absolute Gasteiger partial charge is 0.286 e. The van der Waals surface area contributed by atoms with Crippen molar-refractivity contribution in [2.75, 3.05) is 19.0 Å². The Morgan fingerprint density at radius 1 is 1.13 bits per heavy atom. The van der Waals surface area contributed by atoms with Crippen LogP contribution in [0.3, 0.4) is 0 Å². The van der Waals surface area contributed by atoms with Crippen LogP contribution in [0.2, 0.25) is 5.02 Å². The van der Waals surface area contributed by atoms with Crippen molar-refractivity contribution in [2.24, 2.45) is 0 Å². The second-order valence-corrected chi connectivity index (χ2v) is 7.95. The third kappa shape index (κ3) is 5.72. The number of anilines is 1. The van der Waals surface area contributed by atoms with Crippen molar-refractivity contribution in [1.82, 2.24) is 10.2 Å². The Hall–Kier alpha value is -2.61. The maximum atomic E-state index is 12.4. The Morgan fingerprint density at radius 2 is 1.87 bits per heavy atom. The van der Waals surface area contributed by atoms with Crippen LogP contribution in [-0.4, -0.2) is 29.8 Å². The molecule has 0 aliphatic rings. The first-order valence-corrected chi connectivity index (χ1v) is 10.7. The van der Waals surface area contributed by atoms with Crippen LogP contribution in [0.15, 0.2) is 42.5 Å². The largest absolute Gasteiger partial charge is 0.493 e. The minimum absolute atomic E-state index is 0.201. The van der Waals surface area contributed by atoms with Gasteiger partial charge in [0.15, 0.2) is 16.5 Å². The van der Waals surface area contributed by atoms with Crippen molar-refractivity contribution in [3.63, 3.8) is 0 Å². The third-order valence-electron chi connectivity index (χ3n) is 3.87. The van der Waals surface area contributed by atoms with Gasteiger partial charge in [-0.2, -0.15) is 0 Å². The van der Waals surface area contributed by atoms with Crippen molar-refractivity contribution in [3.8, 4) is 11.5 Å². The first kappa shape index (κ1) is 22.1. The lowest BCUT2D eigenvalue weighted by Gasteiger charge is -2.10. The summed E-state index contributed by atoms with van der Waals surface area (Å²) in [5.74, 6) is 0.913. The molecule has 1 amide bonds. The molecule has 3 aromatic rings. The number of methoxy groups -OCH3 is 1. The summed E-state index contributed by atoms with van der Waals surface area (Å²) < 4.78 is 11.0. The summed E-state index contributed by atoms with van der Waals surface area (Å²) in [6, 6.07) is 12.3. The monoisotopic (exact) mass is 463 g/mol. The van der Waals surface area contributed by atoms with E-state index in [2.05, 4.69) is 15.5 Å². The molecule has 30 heavy (non-hydrogen) atoms. The number of halogens is 2. The normalized spacial score (nSPS) is 11.3. The lowest BCUT2D eigenvalue weighted by Crippen LogP contribution is -2.11. The van der Waals surface area contributed by atoms with Crippen LogP contribution in [0.1, 0.15) is 33.7 Å². The highest BCUT2D eigenvalue weighted by molar-refractivity contribution is 7.15. The highest BCUT2D eigenvalue weighted by Gasteiger charge is 2.15. The van der Waals surface area contributed by atoms with Gasteiger partial charge < -0.3 is 14.8 Å². The average molecular weight is 464 g/mol. The minimum Gasteiger partial charge on any atom is -0.493 e. The van der Waals surface area contributed by atoms with Crippen molar-refractivity contribution in [1.29, 1.82) is 0 Å². The molecular weight excluding hydrogens is 445 g/mol. The van der Waals surface area contributed by atoms with E-state index in [0.717, 1.165) is 23.3 Å². The van der Waals surface area contributed by atoms with Gasteiger partial charge in [-0.25, -0.2) is 0 Å². The summed E-state index contributed by atoms with van der Waals surface area (Å²) in [6.45, 7) is 2.65. The van der Waals surface area contributed by atoms with Crippen molar-refractivity contribution < 1.29 is 14.3 Å². The third-order valence-corrected chi connectivity index (χ3v) is 5.48. The molecule has 0 saturated heterocycles. The predicted octanol–water partition coefficient (Wildman–Crippen LogP) is 5.98. The zero-order valence-electron chi connectivity index (χ0n) is 16.3. The fraction of sp³-hybridized carbons (Fsp3) is 0.190. The lowest BCUT2D eigenvalue weighted by molar-refractivity contribution is 0.102. The average Bonchev–Trinajstić information content (AvgIpc) is 3.25. The fourth-order valence-corrected chi connectivity index (χ4v) is 3.49. The van der Waals surface area contributed by atoms with Crippen LogP contribution in [-0.2, 0) is 0 Å². The van der Waals surface area contributed by atoms with Crippen LogP contribution in [0.25, 0.3) is 11.1 Å². The molecule has 3 rings (SSSR count). The van der Waals surface area contributed by atoms with E-state index in [1.54, 1.807) is 37.5 Å². The summed E-state index contributed by atoms with van der Waals surface area (Å²) in [4.78, 5) is 12.4. The molecule has 0 unspecified atom stereocenters. The molecule has 0 radical (unpaired) electrons. The first-order valence-electron chi connectivity index (χ1n) is 9.09. The molecule has 1 N–H and O–H groups in total. The highest BCUT2D eigenvalue weighted by Crippen LogP contribution is 2.31. The van der Waals surface area contributed by atoms with Crippen LogP contribution < -0.4 is 14.8 Å². The van der Waals surface area contributed by atoms with Crippen molar-refractivity contribution >= 4 is 57.2 Å². The van der Waals surface area contributed by atoms with Crippen LogP contribution in [0, 0.1) is 0 Å². The topological polar surface area (TPSA) is 73.3 Å². The number of hydrogen-bond acceptors (Lipinski definition) is 6. The van der Waals surface area contributed by atoms with Gasteiger partial charge in [-0.15, -0.1) is 10.2 Å². The van der Waals surface area contributed by atoms with E-state index in [4.69, 9.17) is 32.7 Å². The molecule has 0 aliphatic carbocycles. The standard InChI is InChI=1S/C21H19Cl2N3O3S/c1-3-10-29-17-9-4-13(12-18(17)28-2)11-16(23)20-25-26-21(30-20)19(27)24-15-7-5-14(22)6-8-15/h4-9,11-12H,3,10H2,1-2H3,(H,24,27). The van der Waals surface area contributed by atoms with Gasteiger partial charge in [0.25, 0.3) is 5.91 Å². The molecule has 1 aromatic heterocycles. The van der Waals surface area contributed by atoms with Crippen LogP contribution >= 0.6 is 34.5 Å². The van der Waals surface area contributed by atoms with E-state index in [9.17, 15) is 4.79 Å². The Bertz CT molecular complexity index is 1050. The number of rotatable bonds is 8. The molecule has 0 aliphatic heterocycles. The second kappa shape index (κ2) is 10.4. The van der Waals surface area contributed by atoms with E-state index < -0.39 is 0 Å². The first-order chi connectivity index (χ1) is 14.5. The minimum atomic E-state index is -0.371. The van der Waals surface area contributed by atoms with E-state index in [1.807, 2.05) is 25.1 Å². The summed E-state index contributed by atoms with van der Waals surface area (Å²) in [5.41, 5.74) is 1.42. The Morgan fingerprint density at radius 3 is 2.57 bits per heavy atom. The summed E-state index contributed by atoms with van der Waals surface area (Å²) in [7, 11) is 1.58. The predicted molar refractivity (Wildman–Crippen MR) is 122 cm³/mol. The maximum absolute atomic E-state index is 12.4. The van der Waals surface area contributed by atoms with Gasteiger partial charge in [-0.3, -0.25) is 4.79 Å². The molecular formula is C21H19Cl2N3O3S. The zero-order valence-corrected chi connectivity index (χ0v) is 18.6. The van der Waals surface area contributed by atoms with Gasteiger partial charge in [0.2, 0.25) is 5.01 Å². The summed E-state index contributed by atoms with van der Waals surface area (Å²) in [5, 5.41) is 12.3. The van der Waals surface area contributed by atoms with E-state index in [1.165, 1.54) is 0 Å². The molecule has 156 valence electrons. The van der Waals surface area contributed by atoms with Crippen LogP contribution in [0.4, 0.5) is 5.69 Å². The number of benzene rings is 2. The molecule has 0 fully saturated rings. The molecule has 0 saturated carbocycles. The number of carbonyl (C=O) groups is 1.